The Balaban J connectivity index is 3.15. The van der Waals surface area contributed by atoms with E-state index >= 15 is 0 Å². The van der Waals surface area contributed by atoms with Crippen LogP contribution >= 0.6 is 0 Å². The lowest BCUT2D eigenvalue weighted by Gasteiger charge is -2.08. The summed E-state index contributed by atoms with van der Waals surface area (Å²) < 4.78 is 21.9. The third-order valence-corrected chi connectivity index (χ3v) is 3.03. The number of hydrogen-bond acceptors (Lipinski definition) is 2. The van der Waals surface area contributed by atoms with Gasteiger partial charge in [0.25, 0.3) is 0 Å². The zero-order valence-electron chi connectivity index (χ0n) is 9.77. The first kappa shape index (κ1) is 12.9. The van der Waals surface area contributed by atoms with Gasteiger partial charge in [-0.25, -0.2) is 13.6 Å². The van der Waals surface area contributed by atoms with E-state index in [1.807, 2.05) is 24.3 Å². The summed E-state index contributed by atoms with van der Waals surface area (Å²) in [4.78, 5) is 0. The number of rotatable bonds is 3. The van der Waals surface area contributed by atoms with Crippen LogP contribution in [0, 0.1) is 0 Å². The molecule has 0 aliphatic heterocycles. The Kier molecular flexibility index (Phi) is 3.88. The van der Waals surface area contributed by atoms with Gasteiger partial charge < -0.3 is 0 Å². The van der Waals surface area contributed by atoms with Crippen molar-refractivity contribution in [3.63, 3.8) is 0 Å². The molecule has 2 N–H and O–H groups in total. The van der Waals surface area contributed by atoms with E-state index < -0.39 is 10.0 Å². The van der Waals surface area contributed by atoms with Gasteiger partial charge in [-0.3, -0.25) is 0 Å². The quantitative estimate of drug-likeness (QED) is 0.880. The van der Waals surface area contributed by atoms with Crippen LogP contribution in [0.3, 0.4) is 0 Å². The van der Waals surface area contributed by atoms with Crippen LogP contribution in [0.2, 0.25) is 0 Å². The van der Waals surface area contributed by atoms with E-state index in [4.69, 9.17) is 5.14 Å². The molecule has 0 atom stereocenters. The molecule has 0 radical (unpaired) electrons. The number of allylic oxidation sites excluding steroid dienone is 1. The molecule has 0 heterocycles. The van der Waals surface area contributed by atoms with E-state index in [9.17, 15) is 8.42 Å². The molecule has 0 unspecified atom stereocenters. The van der Waals surface area contributed by atoms with Crippen molar-refractivity contribution < 1.29 is 8.42 Å². The van der Waals surface area contributed by atoms with Crippen LogP contribution in [0.1, 0.15) is 37.8 Å². The van der Waals surface area contributed by atoms with Gasteiger partial charge in [-0.2, -0.15) is 0 Å². The maximum atomic E-state index is 10.9. The minimum Gasteiger partial charge on any atom is -0.225 e. The number of benzene rings is 1. The highest BCUT2D eigenvalue weighted by Crippen LogP contribution is 2.20. The van der Waals surface area contributed by atoms with Gasteiger partial charge in [0.2, 0.25) is 10.0 Å². The largest absolute Gasteiger partial charge is 0.231 e. The van der Waals surface area contributed by atoms with Gasteiger partial charge >= 0.3 is 0 Å². The molecule has 0 saturated heterocycles. The SMILES string of the molecule is C/C(=C\S(N)(=O)=O)c1cccc(C(C)C)c1. The van der Waals surface area contributed by atoms with Crippen molar-refractivity contribution in [2.45, 2.75) is 26.7 Å². The Bertz CT molecular complexity index is 502. The van der Waals surface area contributed by atoms with Crippen molar-refractivity contribution in [1.29, 1.82) is 0 Å². The molecule has 0 aliphatic rings. The maximum absolute atomic E-state index is 10.9. The summed E-state index contributed by atoms with van der Waals surface area (Å²) in [6.07, 6.45) is 0. The number of sulfonamides is 1. The van der Waals surface area contributed by atoms with Gasteiger partial charge in [0.05, 0.1) is 0 Å². The van der Waals surface area contributed by atoms with Crippen LogP contribution < -0.4 is 5.14 Å². The lowest BCUT2D eigenvalue weighted by atomic mass is 9.99. The van der Waals surface area contributed by atoms with Crippen molar-refractivity contribution in [2.75, 3.05) is 0 Å². The average Bonchev–Trinajstić information content (AvgIpc) is 2.15. The first-order chi connectivity index (χ1) is 7.29. The normalized spacial score (nSPS) is 13.2. The van der Waals surface area contributed by atoms with Gasteiger partial charge in [-0.15, -0.1) is 0 Å². The predicted octanol–water partition coefficient (Wildman–Crippen LogP) is 2.46. The molecular formula is C12H17NO2S. The molecule has 1 aromatic rings. The number of nitrogens with two attached hydrogens (primary N) is 1. The molecule has 0 fully saturated rings. The van der Waals surface area contributed by atoms with Crippen molar-refractivity contribution in [1.82, 2.24) is 0 Å². The molecule has 0 amide bonds. The summed E-state index contributed by atoms with van der Waals surface area (Å²) in [5.74, 6) is 0.419. The van der Waals surface area contributed by atoms with Crippen LogP contribution in [0.5, 0.6) is 0 Å². The molecule has 0 aromatic heterocycles. The van der Waals surface area contributed by atoms with Crippen molar-refractivity contribution >= 4 is 15.6 Å². The van der Waals surface area contributed by atoms with E-state index in [0.717, 1.165) is 11.0 Å². The van der Waals surface area contributed by atoms with Crippen molar-refractivity contribution in [3.8, 4) is 0 Å². The third-order valence-electron chi connectivity index (χ3n) is 2.35. The fourth-order valence-corrected chi connectivity index (χ4v) is 2.09. The summed E-state index contributed by atoms with van der Waals surface area (Å²) >= 11 is 0. The molecule has 0 saturated carbocycles. The van der Waals surface area contributed by atoms with Crippen LogP contribution in [0.25, 0.3) is 5.57 Å². The van der Waals surface area contributed by atoms with E-state index in [-0.39, 0.29) is 0 Å². The molecule has 4 heteroatoms. The predicted molar refractivity (Wildman–Crippen MR) is 67.3 cm³/mol. The first-order valence-corrected chi connectivity index (χ1v) is 6.72. The standard InChI is InChI=1S/C12H17NO2S/c1-9(2)11-5-4-6-12(7-11)10(3)8-16(13,14)15/h4-9H,1-3H3,(H2,13,14,15)/b10-8+. The van der Waals surface area contributed by atoms with Gasteiger partial charge in [0.1, 0.15) is 0 Å². The molecule has 3 nitrogen and oxygen atoms in total. The lowest BCUT2D eigenvalue weighted by Crippen LogP contribution is -2.07. The zero-order valence-corrected chi connectivity index (χ0v) is 10.6. The van der Waals surface area contributed by atoms with Gasteiger partial charge in [0, 0.05) is 5.41 Å². The second-order valence-corrected chi connectivity index (χ2v) is 5.58. The van der Waals surface area contributed by atoms with Crippen molar-refractivity contribution in [2.24, 2.45) is 5.14 Å². The second-order valence-electron chi connectivity index (χ2n) is 4.17. The Morgan fingerprint density at radius 1 is 1.38 bits per heavy atom. The van der Waals surface area contributed by atoms with E-state index in [1.165, 1.54) is 5.56 Å². The minimum atomic E-state index is -3.57. The Hall–Kier alpha value is -1.13. The zero-order chi connectivity index (χ0) is 12.3. The molecule has 1 rings (SSSR count). The molecule has 16 heavy (non-hydrogen) atoms. The fourth-order valence-electron chi connectivity index (χ4n) is 1.46. The molecule has 0 bridgehead atoms. The Labute approximate surface area is 97.0 Å². The number of hydrogen-bond donors (Lipinski definition) is 1. The molecular weight excluding hydrogens is 222 g/mol. The van der Waals surface area contributed by atoms with Crippen molar-refractivity contribution in [3.05, 3.63) is 40.8 Å². The van der Waals surface area contributed by atoms with Crippen LogP contribution in [0.15, 0.2) is 29.7 Å². The molecule has 0 spiro atoms. The summed E-state index contributed by atoms with van der Waals surface area (Å²) in [5.41, 5.74) is 2.73. The lowest BCUT2D eigenvalue weighted by molar-refractivity contribution is 0.606. The van der Waals surface area contributed by atoms with Gasteiger partial charge in [0.15, 0.2) is 0 Å². The third kappa shape index (κ3) is 3.79. The highest BCUT2D eigenvalue weighted by atomic mass is 32.2. The van der Waals surface area contributed by atoms with Crippen LogP contribution in [-0.4, -0.2) is 8.42 Å². The summed E-state index contributed by atoms with van der Waals surface area (Å²) in [6.45, 7) is 5.93. The Morgan fingerprint density at radius 3 is 2.50 bits per heavy atom. The Morgan fingerprint density at radius 2 is 2.00 bits per heavy atom. The highest BCUT2D eigenvalue weighted by Gasteiger charge is 2.04. The van der Waals surface area contributed by atoms with E-state index in [1.54, 1.807) is 6.92 Å². The van der Waals surface area contributed by atoms with E-state index in [0.29, 0.717) is 11.5 Å². The average molecular weight is 239 g/mol. The summed E-state index contributed by atoms with van der Waals surface area (Å²) in [5, 5.41) is 6.06. The smallest absolute Gasteiger partial charge is 0.225 e. The maximum Gasteiger partial charge on any atom is 0.231 e. The summed E-state index contributed by atoms with van der Waals surface area (Å²) in [6, 6.07) is 7.81. The second kappa shape index (κ2) is 4.80. The molecule has 0 aliphatic carbocycles. The highest BCUT2D eigenvalue weighted by molar-refractivity contribution is 7.92. The number of primary sulfonamides is 1. The van der Waals surface area contributed by atoms with E-state index in [2.05, 4.69) is 13.8 Å². The minimum absolute atomic E-state index is 0.419. The van der Waals surface area contributed by atoms with Crippen LogP contribution in [-0.2, 0) is 10.0 Å². The fraction of sp³-hybridized carbons (Fsp3) is 0.333. The summed E-state index contributed by atoms with van der Waals surface area (Å²) in [7, 11) is -3.57. The molecule has 1 aromatic carbocycles. The molecule has 88 valence electrons. The monoisotopic (exact) mass is 239 g/mol. The van der Waals surface area contributed by atoms with Gasteiger partial charge in [-0.05, 0) is 29.5 Å². The van der Waals surface area contributed by atoms with Gasteiger partial charge in [-0.1, -0.05) is 38.1 Å². The topological polar surface area (TPSA) is 60.2 Å². The van der Waals surface area contributed by atoms with Crippen LogP contribution in [0.4, 0.5) is 0 Å². The first-order valence-electron chi connectivity index (χ1n) is 5.11.